The van der Waals surface area contributed by atoms with E-state index in [1.165, 1.54) is 0 Å². The molecule has 0 bridgehead atoms. The fourth-order valence-electron chi connectivity index (χ4n) is 3.32. The topological polar surface area (TPSA) is 86.5 Å². The Kier molecular flexibility index (Phi) is 4.89. The number of anilines is 1. The maximum Gasteiger partial charge on any atom is 0.267 e. The van der Waals surface area contributed by atoms with Gasteiger partial charge in [0, 0.05) is 42.3 Å². The van der Waals surface area contributed by atoms with Gasteiger partial charge in [0.25, 0.3) is 5.91 Å². The lowest BCUT2D eigenvalue weighted by Crippen LogP contribution is -2.47. The summed E-state index contributed by atoms with van der Waals surface area (Å²) in [5, 5.41) is 6.71. The molecule has 2 amide bonds. The number of hydrogen-bond donors (Lipinski definition) is 3. The molecule has 1 aliphatic rings. The zero-order valence-electron chi connectivity index (χ0n) is 15.6. The lowest BCUT2D eigenvalue weighted by molar-refractivity contribution is -0.120. The average Bonchev–Trinajstić information content (AvgIpc) is 3.15. The molecule has 1 aromatic heterocycles. The van der Waals surface area contributed by atoms with Crippen molar-refractivity contribution in [1.29, 1.82) is 0 Å². The first kappa shape index (κ1) is 17.9. The normalized spacial score (nSPS) is 14.0. The van der Waals surface area contributed by atoms with Crippen LogP contribution in [0.2, 0.25) is 0 Å². The highest BCUT2D eigenvalue weighted by Crippen LogP contribution is 2.21. The highest BCUT2D eigenvalue weighted by atomic mass is 16.5. The van der Waals surface area contributed by atoms with Crippen molar-refractivity contribution in [2.75, 3.05) is 31.6 Å². The lowest BCUT2D eigenvalue weighted by Gasteiger charge is -2.28. The molecule has 144 valence electrons. The minimum absolute atomic E-state index is 0.0403. The Balaban J connectivity index is 1.38. The molecule has 3 N–H and O–H groups in total. The average molecular weight is 378 g/mol. The SMILES string of the molecule is COc1ccc2cc(C(=O)NCc3ccc(N4CCNC(=O)C4)cc3)[nH]c2c1. The highest BCUT2D eigenvalue weighted by Gasteiger charge is 2.16. The van der Waals surface area contributed by atoms with Gasteiger partial charge in [-0.05, 0) is 35.9 Å². The maximum absolute atomic E-state index is 12.5. The van der Waals surface area contributed by atoms with E-state index in [1.54, 1.807) is 7.11 Å². The number of benzene rings is 2. The van der Waals surface area contributed by atoms with E-state index in [2.05, 4.69) is 15.6 Å². The number of methoxy groups -OCH3 is 1. The Morgan fingerprint density at radius 2 is 2.00 bits per heavy atom. The van der Waals surface area contributed by atoms with E-state index in [1.807, 2.05) is 53.4 Å². The molecule has 2 heterocycles. The van der Waals surface area contributed by atoms with Crippen LogP contribution in [0.3, 0.4) is 0 Å². The molecule has 28 heavy (non-hydrogen) atoms. The van der Waals surface area contributed by atoms with Crippen LogP contribution < -0.4 is 20.3 Å². The van der Waals surface area contributed by atoms with Crippen molar-refractivity contribution in [2.24, 2.45) is 0 Å². The van der Waals surface area contributed by atoms with Crippen molar-refractivity contribution in [2.45, 2.75) is 6.54 Å². The van der Waals surface area contributed by atoms with Crippen LogP contribution in [-0.4, -0.2) is 43.5 Å². The van der Waals surface area contributed by atoms with Crippen LogP contribution in [0.25, 0.3) is 10.9 Å². The zero-order chi connectivity index (χ0) is 19.5. The molecule has 1 aliphatic heterocycles. The van der Waals surface area contributed by atoms with Crippen molar-refractivity contribution >= 4 is 28.4 Å². The summed E-state index contributed by atoms with van der Waals surface area (Å²) >= 11 is 0. The second kappa shape index (κ2) is 7.64. The number of aromatic nitrogens is 1. The van der Waals surface area contributed by atoms with E-state index < -0.39 is 0 Å². The van der Waals surface area contributed by atoms with Crippen molar-refractivity contribution in [1.82, 2.24) is 15.6 Å². The number of piperazine rings is 1. The second-order valence-corrected chi connectivity index (χ2v) is 6.76. The quantitative estimate of drug-likeness (QED) is 0.634. The zero-order valence-corrected chi connectivity index (χ0v) is 15.6. The number of ether oxygens (including phenoxy) is 1. The monoisotopic (exact) mass is 378 g/mol. The number of nitrogens with zero attached hydrogens (tertiary/aromatic N) is 1. The summed E-state index contributed by atoms with van der Waals surface area (Å²) in [5.74, 6) is 0.623. The molecule has 0 atom stereocenters. The number of fused-ring (bicyclic) bond motifs is 1. The number of aromatic amines is 1. The van der Waals surface area contributed by atoms with E-state index in [-0.39, 0.29) is 11.8 Å². The Labute approximate surface area is 162 Å². The summed E-state index contributed by atoms with van der Waals surface area (Å²) in [4.78, 5) is 29.2. The van der Waals surface area contributed by atoms with Crippen LogP contribution in [0.4, 0.5) is 5.69 Å². The Morgan fingerprint density at radius 3 is 2.75 bits per heavy atom. The molecular weight excluding hydrogens is 356 g/mol. The standard InChI is InChI=1S/C21H22N4O3/c1-28-17-7-4-15-10-19(24-18(15)11-17)21(27)23-12-14-2-5-16(6-3-14)25-9-8-22-20(26)13-25/h2-7,10-11,24H,8-9,12-13H2,1H3,(H,22,26)(H,23,27). The molecule has 2 aromatic carbocycles. The summed E-state index contributed by atoms with van der Waals surface area (Å²) in [6.45, 7) is 2.26. The highest BCUT2D eigenvalue weighted by molar-refractivity contribution is 5.98. The first-order valence-corrected chi connectivity index (χ1v) is 9.18. The number of carbonyl (C=O) groups is 2. The Hall–Kier alpha value is -3.48. The largest absolute Gasteiger partial charge is 0.497 e. The summed E-state index contributed by atoms with van der Waals surface area (Å²) in [6.07, 6.45) is 0. The van der Waals surface area contributed by atoms with E-state index >= 15 is 0 Å². The molecule has 0 aliphatic carbocycles. The van der Waals surface area contributed by atoms with Crippen LogP contribution in [0.5, 0.6) is 5.75 Å². The van der Waals surface area contributed by atoms with Gasteiger partial charge in [-0.3, -0.25) is 9.59 Å². The molecule has 1 fully saturated rings. The van der Waals surface area contributed by atoms with Crippen LogP contribution >= 0.6 is 0 Å². The number of rotatable bonds is 5. The van der Waals surface area contributed by atoms with Gasteiger partial charge in [-0.25, -0.2) is 0 Å². The van der Waals surface area contributed by atoms with Gasteiger partial charge in [0.2, 0.25) is 5.91 Å². The molecule has 4 rings (SSSR count). The fourth-order valence-corrected chi connectivity index (χ4v) is 3.32. The third-order valence-corrected chi connectivity index (χ3v) is 4.87. The number of carbonyl (C=O) groups excluding carboxylic acids is 2. The number of amides is 2. The summed E-state index contributed by atoms with van der Waals surface area (Å²) in [7, 11) is 1.61. The molecule has 7 heteroatoms. The van der Waals surface area contributed by atoms with Crippen LogP contribution in [0.15, 0.2) is 48.5 Å². The first-order valence-electron chi connectivity index (χ1n) is 9.18. The van der Waals surface area contributed by atoms with Gasteiger partial charge >= 0.3 is 0 Å². The third-order valence-electron chi connectivity index (χ3n) is 4.87. The van der Waals surface area contributed by atoms with Crippen molar-refractivity contribution < 1.29 is 14.3 Å². The summed E-state index contributed by atoms with van der Waals surface area (Å²) < 4.78 is 5.21. The van der Waals surface area contributed by atoms with Crippen LogP contribution in [0, 0.1) is 0 Å². The third kappa shape index (κ3) is 3.78. The predicted octanol–water partition coefficient (Wildman–Crippen LogP) is 2.04. The van der Waals surface area contributed by atoms with Gasteiger partial charge in [0.1, 0.15) is 11.4 Å². The van der Waals surface area contributed by atoms with Crippen LogP contribution in [0.1, 0.15) is 16.1 Å². The van der Waals surface area contributed by atoms with Crippen molar-refractivity contribution in [3.63, 3.8) is 0 Å². The first-order chi connectivity index (χ1) is 13.6. The Bertz CT molecular complexity index is 1010. The second-order valence-electron chi connectivity index (χ2n) is 6.76. The minimum Gasteiger partial charge on any atom is -0.497 e. The van der Waals surface area contributed by atoms with Crippen LogP contribution in [-0.2, 0) is 11.3 Å². The van der Waals surface area contributed by atoms with Gasteiger partial charge in [0.15, 0.2) is 0 Å². The number of H-pyrrole nitrogens is 1. The molecule has 3 aromatic rings. The molecule has 0 unspecified atom stereocenters. The van der Waals surface area contributed by atoms with E-state index in [4.69, 9.17) is 4.74 Å². The fraction of sp³-hybridized carbons (Fsp3) is 0.238. The number of nitrogens with one attached hydrogen (secondary N) is 3. The molecule has 7 nitrogen and oxygen atoms in total. The minimum atomic E-state index is -0.160. The van der Waals surface area contributed by atoms with E-state index in [0.29, 0.717) is 25.3 Å². The maximum atomic E-state index is 12.5. The molecular formula is C21H22N4O3. The number of hydrogen-bond acceptors (Lipinski definition) is 4. The van der Waals surface area contributed by atoms with Gasteiger partial charge in [0.05, 0.1) is 13.7 Å². The predicted molar refractivity (Wildman–Crippen MR) is 108 cm³/mol. The van der Waals surface area contributed by atoms with Crippen molar-refractivity contribution in [3.05, 3.63) is 59.8 Å². The van der Waals surface area contributed by atoms with Gasteiger partial charge in [-0.1, -0.05) is 12.1 Å². The van der Waals surface area contributed by atoms with Gasteiger partial charge in [-0.2, -0.15) is 0 Å². The lowest BCUT2D eigenvalue weighted by atomic mass is 10.1. The van der Waals surface area contributed by atoms with E-state index in [9.17, 15) is 9.59 Å². The molecule has 0 spiro atoms. The molecule has 0 radical (unpaired) electrons. The smallest absolute Gasteiger partial charge is 0.267 e. The summed E-state index contributed by atoms with van der Waals surface area (Å²) in [5.41, 5.74) is 3.38. The molecule has 1 saturated heterocycles. The van der Waals surface area contributed by atoms with Crippen molar-refractivity contribution in [3.8, 4) is 5.75 Å². The Morgan fingerprint density at radius 1 is 1.18 bits per heavy atom. The van der Waals surface area contributed by atoms with Gasteiger partial charge in [-0.15, -0.1) is 0 Å². The van der Waals surface area contributed by atoms with E-state index in [0.717, 1.165) is 34.4 Å². The van der Waals surface area contributed by atoms with Gasteiger partial charge < -0.3 is 25.3 Å². The summed E-state index contributed by atoms with van der Waals surface area (Å²) in [6, 6.07) is 15.4. The molecule has 0 saturated carbocycles.